The smallest absolute Gasteiger partial charge is 0.0897 e. The molecule has 0 aromatic heterocycles. The van der Waals surface area contributed by atoms with Crippen LogP contribution in [0.4, 0.5) is 0 Å². The molecule has 0 spiro atoms. The molecule has 4 nitrogen and oxygen atoms in total. The Kier molecular flexibility index (Phi) is 7.74. The number of nitrogens with one attached hydrogen (secondary N) is 1. The van der Waals surface area contributed by atoms with Crippen LogP contribution in [0.2, 0.25) is 0 Å². The first-order chi connectivity index (χ1) is 9.50. The topological polar surface area (TPSA) is 61.7 Å². The Bertz CT molecular complexity index is 289. The number of aliphatic hydroxyl groups excluding tert-OH is 2. The second-order valence-electron chi connectivity index (χ2n) is 6.32. The third kappa shape index (κ3) is 5.92. The molecule has 0 heterocycles. The van der Waals surface area contributed by atoms with Crippen LogP contribution in [0.25, 0.3) is 0 Å². The van der Waals surface area contributed by atoms with Crippen molar-refractivity contribution in [3.05, 3.63) is 12.2 Å². The Morgan fingerprint density at radius 3 is 2.70 bits per heavy atom. The van der Waals surface area contributed by atoms with Crippen LogP contribution in [-0.4, -0.2) is 48.2 Å². The van der Waals surface area contributed by atoms with E-state index in [2.05, 4.69) is 24.4 Å². The van der Waals surface area contributed by atoms with Gasteiger partial charge in [-0.15, -0.1) is 0 Å². The molecule has 118 valence electrons. The number of hydrogen-bond acceptors (Lipinski definition) is 4. The van der Waals surface area contributed by atoms with Crippen LogP contribution in [-0.2, 0) is 4.74 Å². The standard InChI is InChI=1S/C16H31NO3/c1-4-16(3,12-18)17-9-15(19)11-20-10-14-8-6-5-7-13(14)2/h5-6,13-15,17-19H,4,7-12H2,1-3H3. The maximum atomic E-state index is 9.92. The summed E-state index contributed by atoms with van der Waals surface area (Å²) in [6.45, 7) is 7.82. The second kappa shape index (κ2) is 8.78. The first kappa shape index (κ1) is 17.6. The molecule has 3 N–H and O–H groups in total. The molecule has 0 radical (unpaired) electrons. The zero-order valence-electron chi connectivity index (χ0n) is 13.1. The summed E-state index contributed by atoms with van der Waals surface area (Å²) in [6.07, 6.45) is 6.96. The summed E-state index contributed by atoms with van der Waals surface area (Å²) in [6, 6.07) is 0. The van der Waals surface area contributed by atoms with Crippen molar-refractivity contribution >= 4 is 0 Å². The summed E-state index contributed by atoms with van der Waals surface area (Å²) < 4.78 is 5.65. The Morgan fingerprint density at radius 2 is 2.10 bits per heavy atom. The maximum absolute atomic E-state index is 9.92. The van der Waals surface area contributed by atoms with Crippen LogP contribution in [0.5, 0.6) is 0 Å². The normalized spacial score (nSPS) is 27.2. The summed E-state index contributed by atoms with van der Waals surface area (Å²) in [5, 5.41) is 22.4. The van der Waals surface area contributed by atoms with E-state index in [1.54, 1.807) is 0 Å². The molecule has 1 aliphatic carbocycles. The fourth-order valence-corrected chi connectivity index (χ4v) is 2.31. The molecule has 0 bridgehead atoms. The fourth-order valence-electron chi connectivity index (χ4n) is 2.31. The molecule has 20 heavy (non-hydrogen) atoms. The van der Waals surface area contributed by atoms with Crippen molar-refractivity contribution in [2.24, 2.45) is 11.8 Å². The summed E-state index contributed by atoms with van der Waals surface area (Å²) in [7, 11) is 0. The molecule has 1 rings (SSSR count). The van der Waals surface area contributed by atoms with Gasteiger partial charge in [0.1, 0.15) is 0 Å². The number of hydrogen-bond donors (Lipinski definition) is 3. The van der Waals surface area contributed by atoms with Gasteiger partial charge in [-0.2, -0.15) is 0 Å². The number of aliphatic hydroxyl groups is 2. The molecule has 0 aliphatic heterocycles. The van der Waals surface area contributed by atoms with Crippen LogP contribution in [0.3, 0.4) is 0 Å². The van der Waals surface area contributed by atoms with Gasteiger partial charge in [0.05, 0.1) is 25.9 Å². The SMILES string of the molecule is CCC(C)(CO)NCC(O)COCC1CC=CCC1C. The molecule has 4 unspecified atom stereocenters. The van der Waals surface area contributed by atoms with E-state index in [1.165, 1.54) is 0 Å². The number of allylic oxidation sites excluding steroid dienone is 2. The first-order valence-electron chi connectivity index (χ1n) is 7.77. The lowest BCUT2D eigenvalue weighted by molar-refractivity contribution is 0.00823. The van der Waals surface area contributed by atoms with Gasteiger partial charge in [-0.05, 0) is 38.0 Å². The van der Waals surface area contributed by atoms with Gasteiger partial charge in [-0.25, -0.2) is 0 Å². The van der Waals surface area contributed by atoms with Gasteiger partial charge in [-0.3, -0.25) is 0 Å². The highest BCUT2D eigenvalue weighted by atomic mass is 16.5. The summed E-state index contributed by atoms with van der Waals surface area (Å²) >= 11 is 0. The first-order valence-corrected chi connectivity index (χ1v) is 7.77. The van der Waals surface area contributed by atoms with Crippen molar-refractivity contribution in [1.82, 2.24) is 5.32 Å². The van der Waals surface area contributed by atoms with E-state index >= 15 is 0 Å². The lowest BCUT2D eigenvalue weighted by Crippen LogP contribution is -2.48. The second-order valence-corrected chi connectivity index (χ2v) is 6.32. The number of ether oxygens (including phenoxy) is 1. The van der Waals surface area contributed by atoms with E-state index in [0.717, 1.165) is 19.3 Å². The predicted molar refractivity (Wildman–Crippen MR) is 81.6 cm³/mol. The van der Waals surface area contributed by atoms with Crippen molar-refractivity contribution in [2.45, 2.75) is 51.7 Å². The lowest BCUT2D eigenvalue weighted by Gasteiger charge is -2.29. The van der Waals surface area contributed by atoms with E-state index in [0.29, 0.717) is 31.6 Å². The van der Waals surface area contributed by atoms with Gasteiger partial charge in [0.25, 0.3) is 0 Å². The van der Waals surface area contributed by atoms with E-state index in [4.69, 9.17) is 4.74 Å². The predicted octanol–water partition coefficient (Wildman–Crippen LogP) is 1.72. The van der Waals surface area contributed by atoms with E-state index in [-0.39, 0.29) is 12.1 Å². The van der Waals surface area contributed by atoms with Crippen molar-refractivity contribution < 1.29 is 14.9 Å². The van der Waals surface area contributed by atoms with E-state index in [9.17, 15) is 10.2 Å². The third-order valence-electron chi connectivity index (χ3n) is 4.45. The van der Waals surface area contributed by atoms with Gasteiger partial charge in [0.15, 0.2) is 0 Å². The van der Waals surface area contributed by atoms with Gasteiger partial charge >= 0.3 is 0 Å². The molecule has 0 amide bonds. The largest absolute Gasteiger partial charge is 0.394 e. The fraction of sp³-hybridized carbons (Fsp3) is 0.875. The molecule has 0 fully saturated rings. The summed E-state index contributed by atoms with van der Waals surface area (Å²) in [5.74, 6) is 1.23. The number of β-amino-alcohol motifs (C(OH)–C–C–N with tert-alkyl or cyclic N) is 1. The quantitative estimate of drug-likeness (QED) is 0.565. The summed E-state index contributed by atoms with van der Waals surface area (Å²) in [5.41, 5.74) is -0.316. The van der Waals surface area contributed by atoms with Crippen LogP contribution in [0.1, 0.15) is 40.0 Å². The Hall–Kier alpha value is -0.420. The van der Waals surface area contributed by atoms with Crippen molar-refractivity contribution in [1.29, 1.82) is 0 Å². The van der Waals surface area contributed by atoms with E-state index in [1.807, 2.05) is 13.8 Å². The Morgan fingerprint density at radius 1 is 1.40 bits per heavy atom. The van der Waals surface area contributed by atoms with Crippen molar-refractivity contribution in [3.63, 3.8) is 0 Å². The Balaban J connectivity index is 2.17. The Labute approximate surface area is 123 Å². The van der Waals surface area contributed by atoms with Crippen LogP contribution in [0, 0.1) is 11.8 Å². The molecule has 1 aliphatic rings. The minimum atomic E-state index is -0.526. The van der Waals surface area contributed by atoms with Crippen LogP contribution >= 0.6 is 0 Å². The minimum Gasteiger partial charge on any atom is -0.394 e. The third-order valence-corrected chi connectivity index (χ3v) is 4.45. The molecule has 4 atom stereocenters. The average molecular weight is 285 g/mol. The highest BCUT2D eigenvalue weighted by Gasteiger charge is 2.22. The van der Waals surface area contributed by atoms with Gasteiger partial charge in [0.2, 0.25) is 0 Å². The molecular formula is C16H31NO3. The average Bonchev–Trinajstić information content (AvgIpc) is 2.47. The van der Waals surface area contributed by atoms with Crippen LogP contribution in [0.15, 0.2) is 12.2 Å². The van der Waals surface area contributed by atoms with Gasteiger partial charge < -0.3 is 20.3 Å². The maximum Gasteiger partial charge on any atom is 0.0897 e. The highest BCUT2D eigenvalue weighted by molar-refractivity contribution is 4.93. The van der Waals surface area contributed by atoms with Gasteiger partial charge in [-0.1, -0.05) is 26.0 Å². The summed E-state index contributed by atoms with van der Waals surface area (Å²) in [4.78, 5) is 0. The molecule has 0 aromatic carbocycles. The molecule has 0 aromatic rings. The minimum absolute atomic E-state index is 0.0724. The van der Waals surface area contributed by atoms with Crippen molar-refractivity contribution in [3.8, 4) is 0 Å². The van der Waals surface area contributed by atoms with Gasteiger partial charge in [0, 0.05) is 12.1 Å². The monoisotopic (exact) mass is 285 g/mol. The van der Waals surface area contributed by atoms with Crippen LogP contribution < -0.4 is 5.32 Å². The number of rotatable bonds is 9. The molecular weight excluding hydrogens is 254 g/mol. The highest BCUT2D eigenvalue weighted by Crippen LogP contribution is 2.24. The lowest BCUT2D eigenvalue weighted by atomic mass is 9.85. The molecule has 0 saturated heterocycles. The van der Waals surface area contributed by atoms with Crippen molar-refractivity contribution in [2.75, 3.05) is 26.4 Å². The molecule has 4 heteroatoms. The zero-order chi connectivity index (χ0) is 15.0. The molecule has 0 saturated carbocycles. The van der Waals surface area contributed by atoms with E-state index < -0.39 is 6.10 Å². The zero-order valence-corrected chi connectivity index (χ0v) is 13.1.